The van der Waals surface area contributed by atoms with Gasteiger partial charge in [0.1, 0.15) is 10.1 Å². The summed E-state index contributed by atoms with van der Waals surface area (Å²) in [6, 6.07) is 6.18. The molecule has 0 saturated carbocycles. The molecule has 0 aliphatic rings. The second-order valence-electron chi connectivity index (χ2n) is 4.28. The molecule has 0 fully saturated rings. The number of hydrogen-bond acceptors (Lipinski definition) is 3. The van der Waals surface area contributed by atoms with Crippen LogP contribution >= 0.6 is 38.9 Å². The van der Waals surface area contributed by atoms with E-state index < -0.39 is 0 Å². The van der Waals surface area contributed by atoms with Crippen LogP contribution in [0.15, 0.2) is 22.7 Å². The fourth-order valence-corrected chi connectivity index (χ4v) is 3.72. The van der Waals surface area contributed by atoms with Crippen LogP contribution in [-0.2, 0) is 6.54 Å². The molecule has 0 atom stereocenters. The molecule has 2 aromatic rings. The van der Waals surface area contributed by atoms with Gasteiger partial charge in [-0.1, -0.05) is 17.7 Å². The number of nitrogens with one attached hydrogen (secondary N) is 1. The van der Waals surface area contributed by atoms with Gasteiger partial charge >= 0.3 is 0 Å². The predicted molar refractivity (Wildman–Crippen MR) is 86.8 cm³/mol. The SMILES string of the molecule is COc1c(C)ccc(NCc2cc(Br)c(Cl)s2)c1C. The molecule has 2 nitrogen and oxygen atoms in total. The summed E-state index contributed by atoms with van der Waals surface area (Å²) in [7, 11) is 1.70. The number of benzene rings is 1. The maximum atomic E-state index is 6.03. The zero-order valence-corrected chi connectivity index (χ0v) is 14.2. The largest absolute Gasteiger partial charge is 0.496 e. The van der Waals surface area contributed by atoms with Crippen LogP contribution in [0.5, 0.6) is 5.75 Å². The van der Waals surface area contributed by atoms with Gasteiger partial charge in [-0.2, -0.15) is 0 Å². The van der Waals surface area contributed by atoms with Crippen molar-refractivity contribution < 1.29 is 4.74 Å². The molecule has 102 valence electrons. The van der Waals surface area contributed by atoms with Gasteiger partial charge in [-0.15, -0.1) is 11.3 Å². The highest BCUT2D eigenvalue weighted by atomic mass is 79.9. The summed E-state index contributed by atoms with van der Waals surface area (Å²) in [5.74, 6) is 0.940. The van der Waals surface area contributed by atoms with Crippen LogP contribution in [0, 0.1) is 13.8 Å². The van der Waals surface area contributed by atoms with Gasteiger partial charge in [0, 0.05) is 27.1 Å². The van der Waals surface area contributed by atoms with Crippen LogP contribution in [0.2, 0.25) is 4.34 Å². The van der Waals surface area contributed by atoms with Crippen LogP contribution in [0.25, 0.3) is 0 Å². The Morgan fingerprint density at radius 2 is 2.11 bits per heavy atom. The lowest BCUT2D eigenvalue weighted by molar-refractivity contribution is 0.409. The van der Waals surface area contributed by atoms with Gasteiger partial charge in [-0.3, -0.25) is 0 Å². The van der Waals surface area contributed by atoms with Crippen molar-refractivity contribution in [3.63, 3.8) is 0 Å². The van der Waals surface area contributed by atoms with E-state index in [1.54, 1.807) is 18.4 Å². The highest BCUT2D eigenvalue weighted by Gasteiger charge is 2.09. The summed E-state index contributed by atoms with van der Waals surface area (Å²) in [4.78, 5) is 1.19. The molecule has 1 aromatic carbocycles. The summed E-state index contributed by atoms with van der Waals surface area (Å²) < 4.78 is 7.17. The first kappa shape index (κ1) is 14.7. The van der Waals surface area contributed by atoms with Crippen molar-refractivity contribution in [1.82, 2.24) is 0 Å². The molecule has 19 heavy (non-hydrogen) atoms. The smallest absolute Gasteiger partial charge is 0.126 e. The minimum Gasteiger partial charge on any atom is -0.496 e. The third-order valence-electron chi connectivity index (χ3n) is 2.96. The van der Waals surface area contributed by atoms with Crippen LogP contribution in [0.4, 0.5) is 5.69 Å². The topological polar surface area (TPSA) is 21.3 Å². The van der Waals surface area contributed by atoms with Crippen molar-refractivity contribution in [3.8, 4) is 5.75 Å². The molecule has 0 aliphatic heterocycles. The quantitative estimate of drug-likeness (QED) is 0.788. The van der Waals surface area contributed by atoms with Crippen LogP contribution in [-0.4, -0.2) is 7.11 Å². The third kappa shape index (κ3) is 3.25. The summed E-state index contributed by atoms with van der Waals surface area (Å²) >= 11 is 11.0. The summed E-state index contributed by atoms with van der Waals surface area (Å²) in [5.41, 5.74) is 3.36. The standard InChI is InChI=1S/C14H15BrClNOS/c1-8-4-5-12(9(2)13(8)18-3)17-7-10-6-11(15)14(16)19-10/h4-6,17H,7H2,1-3H3. The normalized spacial score (nSPS) is 10.6. The number of aryl methyl sites for hydroxylation is 1. The van der Waals surface area contributed by atoms with Crippen LogP contribution in [0.1, 0.15) is 16.0 Å². The molecule has 0 saturated heterocycles. The number of methoxy groups -OCH3 is 1. The molecule has 1 heterocycles. The number of anilines is 1. The van der Waals surface area contributed by atoms with Crippen molar-refractivity contribution >= 4 is 44.6 Å². The maximum absolute atomic E-state index is 6.03. The van der Waals surface area contributed by atoms with Gasteiger partial charge in [0.25, 0.3) is 0 Å². The molecule has 0 bridgehead atoms. The Morgan fingerprint density at radius 1 is 1.37 bits per heavy atom. The van der Waals surface area contributed by atoms with Gasteiger partial charge in [0.15, 0.2) is 0 Å². The van der Waals surface area contributed by atoms with Crippen molar-refractivity contribution in [2.24, 2.45) is 0 Å². The minimum atomic E-state index is 0.753. The van der Waals surface area contributed by atoms with Gasteiger partial charge in [0.05, 0.1) is 7.11 Å². The lowest BCUT2D eigenvalue weighted by atomic mass is 10.1. The molecule has 0 amide bonds. The second kappa shape index (κ2) is 6.16. The molecular formula is C14H15BrClNOS. The van der Waals surface area contributed by atoms with Gasteiger partial charge in [-0.05, 0) is 47.5 Å². The molecule has 0 aliphatic carbocycles. The van der Waals surface area contributed by atoms with Crippen molar-refractivity contribution in [1.29, 1.82) is 0 Å². The molecule has 0 radical (unpaired) electrons. The van der Waals surface area contributed by atoms with E-state index in [0.29, 0.717) is 0 Å². The van der Waals surface area contributed by atoms with Crippen molar-refractivity contribution in [2.75, 3.05) is 12.4 Å². The molecular weight excluding hydrogens is 346 g/mol. The Labute approximate surface area is 130 Å². The van der Waals surface area contributed by atoms with Gasteiger partial charge in [-0.25, -0.2) is 0 Å². The van der Waals surface area contributed by atoms with E-state index in [9.17, 15) is 0 Å². The molecule has 1 N–H and O–H groups in total. The Kier molecular flexibility index (Phi) is 4.76. The van der Waals surface area contributed by atoms with E-state index in [1.807, 2.05) is 13.0 Å². The van der Waals surface area contributed by atoms with E-state index in [0.717, 1.165) is 37.9 Å². The van der Waals surface area contributed by atoms with Crippen molar-refractivity contribution in [3.05, 3.63) is 43.0 Å². The average Bonchev–Trinajstić information content (AvgIpc) is 2.68. The first-order valence-electron chi connectivity index (χ1n) is 5.84. The predicted octanol–water partition coefficient (Wildman–Crippen LogP) is 5.40. The first-order chi connectivity index (χ1) is 9.02. The molecule has 0 unspecified atom stereocenters. The third-order valence-corrected chi connectivity index (χ3v) is 5.43. The van der Waals surface area contributed by atoms with E-state index in [-0.39, 0.29) is 0 Å². The van der Waals surface area contributed by atoms with Gasteiger partial charge in [0.2, 0.25) is 0 Å². The number of ether oxygens (including phenoxy) is 1. The number of hydrogen-bond donors (Lipinski definition) is 1. The Bertz CT molecular complexity index is 578. The summed E-state index contributed by atoms with van der Waals surface area (Å²) in [5, 5.41) is 3.42. The average molecular weight is 361 g/mol. The minimum absolute atomic E-state index is 0.753. The summed E-state index contributed by atoms with van der Waals surface area (Å²) in [6.45, 7) is 4.86. The van der Waals surface area contributed by atoms with E-state index in [1.165, 1.54) is 4.88 Å². The van der Waals surface area contributed by atoms with Gasteiger partial charge < -0.3 is 10.1 Å². The Hall–Kier alpha value is -0.710. The van der Waals surface area contributed by atoms with E-state index in [4.69, 9.17) is 16.3 Å². The van der Waals surface area contributed by atoms with Crippen LogP contribution < -0.4 is 10.1 Å². The Morgan fingerprint density at radius 3 is 2.68 bits per heavy atom. The fourth-order valence-electron chi connectivity index (χ4n) is 1.99. The first-order valence-corrected chi connectivity index (χ1v) is 7.83. The molecule has 1 aromatic heterocycles. The number of rotatable bonds is 4. The highest BCUT2D eigenvalue weighted by molar-refractivity contribution is 9.10. The Balaban J connectivity index is 2.16. The number of thiophene rings is 1. The van der Waals surface area contributed by atoms with E-state index >= 15 is 0 Å². The lowest BCUT2D eigenvalue weighted by Crippen LogP contribution is -2.01. The van der Waals surface area contributed by atoms with Crippen LogP contribution in [0.3, 0.4) is 0 Å². The summed E-state index contributed by atoms with van der Waals surface area (Å²) in [6.07, 6.45) is 0. The molecule has 2 rings (SSSR count). The second-order valence-corrected chi connectivity index (χ2v) is 6.87. The number of halogens is 2. The molecule has 5 heteroatoms. The lowest BCUT2D eigenvalue weighted by Gasteiger charge is -2.14. The highest BCUT2D eigenvalue weighted by Crippen LogP contribution is 2.33. The molecule has 0 spiro atoms. The zero-order chi connectivity index (χ0) is 14.0. The van der Waals surface area contributed by atoms with E-state index in [2.05, 4.69) is 40.3 Å². The fraction of sp³-hybridized carbons (Fsp3) is 0.286. The van der Waals surface area contributed by atoms with Crippen molar-refractivity contribution in [2.45, 2.75) is 20.4 Å². The zero-order valence-electron chi connectivity index (χ0n) is 11.0. The maximum Gasteiger partial charge on any atom is 0.126 e. The monoisotopic (exact) mass is 359 g/mol.